The number of rotatable bonds is 7. The Morgan fingerprint density at radius 2 is 1.95 bits per heavy atom. The van der Waals surface area contributed by atoms with Crippen LogP contribution in [0.5, 0.6) is 5.75 Å². The van der Waals surface area contributed by atoms with Gasteiger partial charge in [-0.1, -0.05) is 51.7 Å². The van der Waals surface area contributed by atoms with Crippen molar-refractivity contribution in [3.05, 3.63) is 29.8 Å². The molecule has 1 aromatic carbocycles. The number of halogens is 3. The molecule has 4 heteroatoms. The van der Waals surface area contributed by atoms with Crippen LogP contribution in [0.3, 0.4) is 0 Å². The first-order chi connectivity index (χ1) is 8.90. The molecule has 1 nitrogen and oxygen atoms in total. The van der Waals surface area contributed by atoms with Crippen molar-refractivity contribution in [2.45, 2.75) is 52.3 Å². The van der Waals surface area contributed by atoms with Crippen LogP contribution in [0.25, 0.3) is 0 Å². The van der Waals surface area contributed by atoms with Crippen molar-refractivity contribution in [3.63, 3.8) is 0 Å². The van der Waals surface area contributed by atoms with Gasteiger partial charge in [0.2, 0.25) is 0 Å². The highest BCUT2D eigenvalue weighted by molar-refractivity contribution is 5.28. The second-order valence-corrected chi connectivity index (χ2v) is 5.00. The van der Waals surface area contributed by atoms with E-state index in [9.17, 15) is 13.2 Å². The number of benzene rings is 1. The summed E-state index contributed by atoms with van der Waals surface area (Å²) in [6.45, 7) is 4.29. The number of alkyl halides is 3. The molecule has 0 amide bonds. The minimum absolute atomic E-state index is 0.134. The van der Waals surface area contributed by atoms with Crippen molar-refractivity contribution in [1.29, 1.82) is 0 Å². The molecular weight excluding hydrogens is 253 g/mol. The predicted molar refractivity (Wildman–Crippen MR) is 70.1 cm³/mol. The van der Waals surface area contributed by atoms with Crippen LogP contribution in [0.15, 0.2) is 24.3 Å². The average molecular weight is 274 g/mol. The van der Waals surface area contributed by atoms with E-state index in [0.717, 1.165) is 18.4 Å². The summed E-state index contributed by atoms with van der Waals surface area (Å²) in [6.07, 6.45) is 0.849. The van der Waals surface area contributed by atoms with Gasteiger partial charge in [0, 0.05) is 0 Å². The van der Waals surface area contributed by atoms with Gasteiger partial charge in [-0.2, -0.15) is 0 Å². The maximum atomic E-state index is 12.1. The SMILES string of the molecule is CCCCCC(C)Cc1cccc(OC(F)(F)F)c1. The van der Waals surface area contributed by atoms with Gasteiger partial charge in [-0.3, -0.25) is 0 Å². The normalized spacial score (nSPS) is 13.3. The fourth-order valence-corrected chi connectivity index (χ4v) is 2.12. The lowest BCUT2D eigenvalue weighted by Crippen LogP contribution is -2.17. The molecule has 19 heavy (non-hydrogen) atoms. The summed E-state index contributed by atoms with van der Waals surface area (Å²) < 4.78 is 40.3. The number of unbranched alkanes of at least 4 members (excludes halogenated alkanes) is 2. The Balaban J connectivity index is 2.52. The zero-order chi connectivity index (χ0) is 14.3. The quantitative estimate of drug-likeness (QED) is 0.609. The predicted octanol–water partition coefficient (Wildman–Crippen LogP) is 5.34. The Hall–Kier alpha value is -1.19. The van der Waals surface area contributed by atoms with E-state index < -0.39 is 6.36 Å². The smallest absolute Gasteiger partial charge is 0.406 e. The molecule has 0 aromatic heterocycles. The summed E-state index contributed by atoms with van der Waals surface area (Å²) in [5.74, 6) is 0.346. The highest BCUT2D eigenvalue weighted by Gasteiger charge is 2.31. The zero-order valence-electron chi connectivity index (χ0n) is 11.5. The molecule has 1 unspecified atom stereocenters. The third-order valence-corrected chi connectivity index (χ3v) is 3.02. The first-order valence-corrected chi connectivity index (χ1v) is 6.75. The first kappa shape index (κ1) is 15.9. The average Bonchev–Trinajstić information content (AvgIpc) is 2.27. The van der Waals surface area contributed by atoms with Crippen LogP contribution in [0.4, 0.5) is 13.2 Å². The van der Waals surface area contributed by atoms with Crippen molar-refractivity contribution in [3.8, 4) is 5.75 Å². The van der Waals surface area contributed by atoms with Gasteiger partial charge in [0.1, 0.15) is 5.75 Å². The van der Waals surface area contributed by atoms with Gasteiger partial charge >= 0.3 is 6.36 Å². The van der Waals surface area contributed by atoms with E-state index in [-0.39, 0.29) is 5.75 Å². The fraction of sp³-hybridized carbons (Fsp3) is 0.600. The van der Waals surface area contributed by atoms with Crippen LogP contribution in [0.2, 0.25) is 0 Å². The van der Waals surface area contributed by atoms with Crippen LogP contribution in [0.1, 0.15) is 45.1 Å². The molecule has 0 saturated heterocycles. The molecule has 0 saturated carbocycles. The monoisotopic (exact) mass is 274 g/mol. The fourth-order valence-electron chi connectivity index (χ4n) is 2.12. The minimum atomic E-state index is -4.62. The van der Waals surface area contributed by atoms with Gasteiger partial charge < -0.3 is 4.74 Å². The molecule has 0 N–H and O–H groups in total. The highest BCUT2D eigenvalue weighted by Crippen LogP contribution is 2.25. The van der Waals surface area contributed by atoms with Crippen molar-refractivity contribution in [2.24, 2.45) is 5.92 Å². The Labute approximate surface area is 112 Å². The van der Waals surface area contributed by atoms with E-state index in [1.54, 1.807) is 6.07 Å². The summed E-state index contributed by atoms with van der Waals surface area (Å²) in [7, 11) is 0. The molecule has 0 fully saturated rings. The lowest BCUT2D eigenvalue weighted by molar-refractivity contribution is -0.274. The Kier molecular flexibility index (Phi) is 6.19. The van der Waals surface area contributed by atoms with Gasteiger partial charge in [-0.15, -0.1) is 13.2 Å². The molecule has 108 valence electrons. The summed E-state index contributed by atoms with van der Waals surface area (Å²) in [4.78, 5) is 0. The summed E-state index contributed by atoms with van der Waals surface area (Å²) >= 11 is 0. The topological polar surface area (TPSA) is 9.23 Å². The Bertz CT molecular complexity index is 374. The van der Waals surface area contributed by atoms with Crippen LogP contribution < -0.4 is 4.74 Å². The molecule has 0 aliphatic carbocycles. The van der Waals surface area contributed by atoms with Crippen LogP contribution in [-0.4, -0.2) is 6.36 Å². The van der Waals surface area contributed by atoms with Crippen molar-refractivity contribution in [2.75, 3.05) is 0 Å². The second-order valence-electron chi connectivity index (χ2n) is 5.00. The minimum Gasteiger partial charge on any atom is -0.406 e. The zero-order valence-corrected chi connectivity index (χ0v) is 11.5. The van der Waals surface area contributed by atoms with Crippen LogP contribution >= 0.6 is 0 Å². The van der Waals surface area contributed by atoms with E-state index >= 15 is 0 Å². The molecule has 0 bridgehead atoms. The lowest BCUT2D eigenvalue weighted by atomic mass is 9.95. The maximum Gasteiger partial charge on any atom is 0.573 e. The molecule has 1 rings (SSSR count). The first-order valence-electron chi connectivity index (χ1n) is 6.75. The molecule has 0 heterocycles. The van der Waals surface area contributed by atoms with Crippen LogP contribution in [-0.2, 0) is 6.42 Å². The van der Waals surface area contributed by atoms with Gasteiger partial charge in [0.25, 0.3) is 0 Å². The summed E-state index contributed by atoms with van der Waals surface area (Å²) in [6, 6.07) is 6.26. The third-order valence-electron chi connectivity index (χ3n) is 3.02. The number of hydrogen-bond acceptors (Lipinski definition) is 1. The van der Waals surface area contributed by atoms with Crippen molar-refractivity contribution < 1.29 is 17.9 Å². The van der Waals surface area contributed by atoms with Gasteiger partial charge in [-0.05, 0) is 30.0 Å². The van der Waals surface area contributed by atoms with Crippen molar-refractivity contribution in [1.82, 2.24) is 0 Å². The Morgan fingerprint density at radius 3 is 2.58 bits per heavy atom. The van der Waals surface area contributed by atoms with Gasteiger partial charge in [-0.25, -0.2) is 0 Å². The lowest BCUT2D eigenvalue weighted by Gasteiger charge is -2.13. The Morgan fingerprint density at radius 1 is 1.21 bits per heavy atom. The summed E-state index contributed by atoms with van der Waals surface area (Å²) in [5, 5.41) is 0. The van der Waals surface area contributed by atoms with Gasteiger partial charge in [0.15, 0.2) is 0 Å². The molecule has 0 spiro atoms. The largest absolute Gasteiger partial charge is 0.573 e. The molecule has 0 radical (unpaired) electrons. The second kappa shape index (κ2) is 7.41. The maximum absolute atomic E-state index is 12.1. The van der Waals surface area contributed by atoms with Crippen LogP contribution in [0, 0.1) is 5.92 Å². The number of ether oxygens (including phenoxy) is 1. The van der Waals surface area contributed by atoms with E-state index in [0.29, 0.717) is 5.92 Å². The molecule has 0 aliphatic rings. The van der Waals surface area contributed by atoms with E-state index in [4.69, 9.17) is 0 Å². The van der Waals surface area contributed by atoms with Gasteiger partial charge in [0.05, 0.1) is 0 Å². The van der Waals surface area contributed by atoms with E-state index in [2.05, 4.69) is 18.6 Å². The van der Waals surface area contributed by atoms with E-state index in [1.807, 2.05) is 6.07 Å². The third kappa shape index (κ3) is 7.09. The molecule has 1 aromatic rings. The highest BCUT2D eigenvalue weighted by atomic mass is 19.4. The summed E-state index contributed by atoms with van der Waals surface area (Å²) in [5.41, 5.74) is 0.894. The molecule has 0 aliphatic heterocycles. The standard InChI is InChI=1S/C15H21F3O/c1-3-4-5-7-12(2)10-13-8-6-9-14(11-13)19-15(16,17)18/h6,8-9,11-12H,3-5,7,10H2,1-2H3. The molecule has 1 atom stereocenters. The number of hydrogen-bond donors (Lipinski definition) is 0. The molecular formula is C15H21F3O. The van der Waals surface area contributed by atoms with E-state index in [1.165, 1.54) is 31.4 Å². The van der Waals surface area contributed by atoms with Crippen molar-refractivity contribution >= 4 is 0 Å².